The lowest BCUT2D eigenvalue weighted by atomic mass is 9.83. The minimum Gasteiger partial charge on any atom is -0.466 e. The van der Waals surface area contributed by atoms with Crippen molar-refractivity contribution in [3.05, 3.63) is 60.3 Å². The van der Waals surface area contributed by atoms with Crippen LogP contribution < -0.4 is 10.2 Å². The van der Waals surface area contributed by atoms with Crippen LogP contribution in [0.15, 0.2) is 54.0 Å². The Morgan fingerprint density at radius 2 is 1.78 bits per heavy atom. The zero-order chi connectivity index (χ0) is 15.9. The fraction of sp³-hybridized carbons (Fsp3) is 0.316. The normalized spacial score (nSPS) is 19.7. The number of pyridine rings is 1. The summed E-state index contributed by atoms with van der Waals surface area (Å²) in [4.78, 5) is 4.64. The van der Waals surface area contributed by atoms with E-state index in [0.717, 1.165) is 42.7 Å². The molecule has 1 aliphatic heterocycles. The van der Waals surface area contributed by atoms with Crippen molar-refractivity contribution in [2.45, 2.75) is 37.7 Å². The van der Waals surface area contributed by atoms with E-state index in [1.54, 1.807) is 12.1 Å². The lowest BCUT2D eigenvalue weighted by Gasteiger charge is -2.32. The van der Waals surface area contributed by atoms with Gasteiger partial charge in [-0.05, 0) is 62.1 Å². The van der Waals surface area contributed by atoms with Gasteiger partial charge in [-0.15, -0.1) is 0 Å². The Hall–Kier alpha value is -2.36. The highest BCUT2D eigenvalue weighted by Gasteiger charge is 2.43. The number of hydrogen-bond acceptors (Lipinski definition) is 2. The van der Waals surface area contributed by atoms with E-state index in [-0.39, 0.29) is 11.4 Å². The number of ether oxygens (including phenoxy) is 1. The van der Waals surface area contributed by atoms with Crippen LogP contribution in [0.4, 0.5) is 10.1 Å². The first-order chi connectivity index (χ1) is 11.2. The molecule has 2 aromatic rings. The van der Waals surface area contributed by atoms with Crippen LogP contribution in [0.2, 0.25) is 0 Å². The second kappa shape index (κ2) is 5.37. The lowest BCUT2D eigenvalue weighted by molar-refractivity contribution is 0.101. The van der Waals surface area contributed by atoms with Gasteiger partial charge < -0.3 is 4.74 Å². The van der Waals surface area contributed by atoms with Gasteiger partial charge >= 0.3 is 0 Å². The third-order valence-corrected chi connectivity index (χ3v) is 4.76. The highest BCUT2D eigenvalue weighted by atomic mass is 19.1. The highest BCUT2D eigenvalue weighted by molar-refractivity contribution is 5.59. The predicted molar refractivity (Wildman–Crippen MR) is 87.8 cm³/mol. The maximum Gasteiger partial charge on any atom is 0.200 e. The van der Waals surface area contributed by atoms with Gasteiger partial charge in [0.1, 0.15) is 11.3 Å². The molecule has 1 aromatic carbocycles. The molecule has 0 amide bonds. The summed E-state index contributed by atoms with van der Waals surface area (Å²) in [5.74, 6) is 0.532. The second-order valence-corrected chi connectivity index (χ2v) is 6.25. The SMILES string of the molecule is C=C1n2c(cccc2=Nc2ccc(F)cc2)OC12CCCCC2. The molecule has 1 spiro atoms. The molecule has 4 rings (SSSR count). The van der Waals surface area contributed by atoms with Gasteiger partial charge in [-0.3, -0.25) is 4.57 Å². The molecule has 2 heterocycles. The molecule has 4 heteroatoms. The van der Waals surface area contributed by atoms with Crippen LogP contribution in [-0.4, -0.2) is 10.2 Å². The Bertz CT molecular complexity index is 814. The molecule has 3 nitrogen and oxygen atoms in total. The molecule has 0 radical (unpaired) electrons. The average Bonchev–Trinajstić information content (AvgIpc) is 2.83. The number of halogens is 1. The van der Waals surface area contributed by atoms with Crippen LogP contribution in [0.25, 0.3) is 5.70 Å². The topological polar surface area (TPSA) is 26.5 Å². The number of rotatable bonds is 1. The maximum atomic E-state index is 13.1. The van der Waals surface area contributed by atoms with Crippen LogP contribution >= 0.6 is 0 Å². The summed E-state index contributed by atoms with van der Waals surface area (Å²) in [6, 6.07) is 12.0. The van der Waals surface area contributed by atoms with E-state index in [2.05, 4.69) is 11.6 Å². The summed E-state index contributed by atoms with van der Waals surface area (Å²) in [6.07, 6.45) is 5.59. The van der Waals surface area contributed by atoms with Crippen LogP contribution in [0.5, 0.6) is 5.88 Å². The molecule has 0 bridgehead atoms. The summed E-state index contributed by atoms with van der Waals surface area (Å²) in [7, 11) is 0. The number of aromatic nitrogens is 1. The Kier molecular flexibility index (Phi) is 3.33. The summed E-state index contributed by atoms with van der Waals surface area (Å²) in [5, 5.41) is 0. The minimum absolute atomic E-state index is 0.260. The van der Waals surface area contributed by atoms with Gasteiger partial charge in [0.25, 0.3) is 0 Å². The highest BCUT2D eigenvalue weighted by Crippen LogP contribution is 2.44. The first-order valence-corrected chi connectivity index (χ1v) is 8.09. The van der Waals surface area contributed by atoms with Crippen molar-refractivity contribution in [2.24, 2.45) is 4.99 Å². The van der Waals surface area contributed by atoms with E-state index in [4.69, 9.17) is 4.74 Å². The molecular weight excluding hydrogens is 291 g/mol. The molecule has 23 heavy (non-hydrogen) atoms. The van der Waals surface area contributed by atoms with Crippen molar-refractivity contribution in [3.63, 3.8) is 0 Å². The monoisotopic (exact) mass is 310 g/mol. The zero-order valence-electron chi connectivity index (χ0n) is 13.0. The second-order valence-electron chi connectivity index (χ2n) is 6.25. The first kappa shape index (κ1) is 14.2. The minimum atomic E-state index is -0.278. The number of fused-ring (bicyclic) bond motifs is 1. The van der Waals surface area contributed by atoms with Crippen LogP contribution in [0.1, 0.15) is 32.1 Å². The van der Waals surface area contributed by atoms with Gasteiger partial charge in [0.05, 0.1) is 11.4 Å². The quantitative estimate of drug-likeness (QED) is 0.765. The van der Waals surface area contributed by atoms with Gasteiger partial charge in [-0.2, -0.15) is 0 Å². The predicted octanol–water partition coefficient (Wildman–Crippen LogP) is 4.43. The van der Waals surface area contributed by atoms with Crippen LogP contribution in [-0.2, 0) is 0 Å². The molecule has 2 aliphatic rings. The van der Waals surface area contributed by atoms with Gasteiger partial charge in [-0.1, -0.05) is 19.1 Å². The van der Waals surface area contributed by atoms with Gasteiger partial charge in [-0.25, -0.2) is 9.38 Å². The van der Waals surface area contributed by atoms with E-state index in [9.17, 15) is 4.39 Å². The molecule has 1 aromatic heterocycles. The van der Waals surface area contributed by atoms with Crippen molar-refractivity contribution in [2.75, 3.05) is 0 Å². The fourth-order valence-electron chi connectivity index (χ4n) is 3.54. The third-order valence-electron chi connectivity index (χ3n) is 4.76. The smallest absolute Gasteiger partial charge is 0.200 e. The van der Waals surface area contributed by atoms with Crippen molar-refractivity contribution in [1.82, 2.24) is 4.57 Å². The number of nitrogens with zero attached hydrogens (tertiary/aromatic N) is 2. The molecule has 118 valence electrons. The van der Waals surface area contributed by atoms with Crippen LogP contribution in [0, 0.1) is 5.82 Å². The standard InChI is InChI=1S/C19H19FN2O/c1-14-19(12-3-2-4-13-19)23-18-7-5-6-17(22(14)18)21-16-10-8-15(20)9-11-16/h5-11H,1-4,12-13H2. The Labute approximate surface area is 134 Å². The molecule has 1 aliphatic carbocycles. The Balaban J connectivity index is 1.80. The first-order valence-electron chi connectivity index (χ1n) is 8.09. The van der Waals surface area contributed by atoms with E-state index >= 15 is 0 Å². The zero-order valence-corrected chi connectivity index (χ0v) is 13.0. The summed E-state index contributed by atoms with van der Waals surface area (Å²) < 4.78 is 21.3. The van der Waals surface area contributed by atoms with Crippen molar-refractivity contribution >= 4 is 11.4 Å². The van der Waals surface area contributed by atoms with Gasteiger partial charge in [0, 0.05) is 0 Å². The van der Waals surface area contributed by atoms with Gasteiger partial charge in [0.15, 0.2) is 5.60 Å². The molecule has 1 fully saturated rings. The third kappa shape index (κ3) is 2.38. The van der Waals surface area contributed by atoms with Crippen molar-refractivity contribution in [1.29, 1.82) is 0 Å². The average molecular weight is 310 g/mol. The maximum absolute atomic E-state index is 13.1. The Morgan fingerprint density at radius 3 is 2.52 bits per heavy atom. The largest absolute Gasteiger partial charge is 0.466 e. The number of benzene rings is 1. The van der Waals surface area contributed by atoms with E-state index < -0.39 is 0 Å². The van der Waals surface area contributed by atoms with Crippen LogP contribution in [0.3, 0.4) is 0 Å². The van der Waals surface area contributed by atoms with E-state index in [0.29, 0.717) is 5.69 Å². The van der Waals surface area contributed by atoms with E-state index in [1.807, 2.05) is 22.8 Å². The van der Waals surface area contributed by atoms with Gasteiger partial charge in [0.2, 0.25) is 5.88 Å². The molecule has 1 saturated carbocycles. The molecule has 0 N–H and O–H groups in total. The molecule has 0 unspecified atom stereocenters. The number of hydrogen-bond donors (Lipinski definition) is 0. The van der Waals surface area contributed by atoms with E-state index in [1.165, 1.54) is 18.6 Å². The summed E-state index contributed by atoms with van der Waals surface area (Å²) in [6.45, 7) is 4.31. The molecular formula is C19H19FN2O. The molecule has 0 atom stereocenters. The fourth-order valence-corrected chi connectivity index (χ4v) is 3.54. The van der Waals surface area contributed by atoms with Crippen molar-refractivity contribution in [3.8, 4) is 5.88 Å². The molecule has 0 saturated heterocycles. The van der Waals surface area contributed by atoms with Crippen molar-refractivity contribution < 1.29 is 9.13 Å². The lowest BCUT2D eigenvalue weighted by Crippen LogP contribution is -2.36. The Morgan fingerprint density at radius 1 is 1.04 bits per heavy atom. The summed E-state index contributed by atoms with van der Waals surface area (Å²) >= 11 is 0. The summed E-state index contributed by atoms with van der Waals surface area (Å²) in [5.41, 5.74) is 2.17.